The number of hydrogen-bond acceptors (Lipinski definition) is 25. The summed E-state index contributed by atoms with van der Waals surface area (Å²) in [4.78, 5) is 207. The topological polar surface area (TPSA) is 647 Å². The lowest BCUT2D eigenvalue weighted by Gasteiger charge is -2.22. The molecule has 0 unspecified atom stereocenters. The third kappa shape index (κ3) is 34.3. The summed E-state index contributed by atoms with van der Waals surface area (Å²) in [5.74, 6) is -10.0. The number of nitrogens with two attached hydrogens (primary N) is 3. The van der Waals surface area contributed by atoms with Crippen molar-refractivity contribution in [1.82, 2.24) is 108 Å². The Hall–Kier alpha value is -16.1. The fourth-order valence-electron chi connectivity index (χ4n) is 11.7. The normalized spacial score (nSPS) is 11.9. The highest BCUT2D eigenvalue weighted by atomic mass is 18.2. The van der Waals surface area contributed by atoms with Gasteiger partial charge in [0.2, 0.25) is 76.6 Å². The third-order valence-corrected chi connectivity index (χ3v) is 19.4. The van der Waals surface area contributed by atoms with Gasteiger partial charge in [-0.2, -0.15) is 10.5 Å². The lowest BCUT2D eigenvalue weighted by molar-refractivity contribution is -0.130. The van der Waals surface area contributed by atoms with Gasteiger partial charge in [0.15, 0.2) is 5.75 Å². The second kappa shape index (κ2) is 52.8. The number of benzene rings is 4. The van der Waals surface area contributed by atoms with E-state index < -0.39 is 132 Å². The maximum atomic E-state index is 13.6. The van der Waals surface area contributed by atoms with Gasteiger partial charge >= 0.3 is 5.97 Å². The van der Waals surface area contributed by atoms with Crippen LogP contribution in [0.2, 0.25) is 0 Å². The summed E-state index contributed by atoms with van der Waals surface area (Å²) in [6.07, 6.45) is 9.37. The number of aromatic nitrogens is 9. The summed E-state index contributed by atoms with van der Waals surface area (Å²) in [5.41, 5.74) is 20.3. The van der Waals surface area contributed by atoms with E-state index in [-0.39, 0.29) is 128 Å². The van der Waals surface area contributed by atoms with E-state index in [0.29, 0.717) is 28.1 Å². The second-order valence-electron chi connectivity index (χ2n) is 30.3. The Kier molecular flexibility index (Phi) is 42.5. The molecule has 8 rings (SSSR count). The molecule has 0 aliphatic heterocycles. The van der Waals surface area contributed by atoms with Crippen molar-refractivity contribution >= 4 is 111 Å². The predicted molar refractivity (Wildman–Crippen MR) is 470 cm³/mol. The van der Waals surface area contributed by atoms with Crippen LogP contribution in [0.3, 0.4) is 0 Å². The van der Waals surface area contributed by atoms with Gasteiger partial charge in [0.1, 0.15) is 59.2 Å². The lowest BCUT2D eigenvalue weighted by Crippen LogP contribution is -2.51. The van der Waals surface area contributed by atoms with Crippen LogP contribution in [0.4, 0.5) is 15.8 Å². The third-order valence-electron chi connectivity index (χ3n) is 19.4. The van der Waals surface area contributed by atoms with Gasteiger partial charge in [-0.05, 0) is 96.6 Å². The van der Waals surface area contributed by atoms with Crippen LogP contribution < -0.4 is 90.7 Å². The van der Waals surface area contributed by atoms with Crippen LogP contribution in [0, 0.1) is 52.8 Å². The van der Waals surface area contributed by atoms with Crippen molar-refractivity contribution in [2.24, 2.45) is 56.1 Å². The molecule has 0 aliphatic carbocycles. The number of halogens is 1. The Labute approximate surface area is 752 Å². The number of hydrogen-bond donors (Lipinski definition) is 16. The van der Waals surface area contributed by atoms with E-state index >= 15 is 0 Å². The molecule has 45 nitrogen and oxygen atoms in total. The maximum Gasteiger partial charge on any atom is 0.334 e. The zero-order valence-corrected chi connectivity index (χ0v) is 74.3. The van der Waals surface area contributed by atoms with E-state index in [1.54, 1.807) is 124 Å². The van der Waals surface area contributed by atoms with Crippen LogP contribution in [-0.2, 0) is 97.9 Å². The number of primary amides is 2. The fourth-order valence-corrected chi connectivity index (χ4v) is 11.7. The highest BCUT2D eigenvalue weighted by Crippen LogP contribution is 2.29. The molecular weight excluding hydrogens is 1700 g/mol. The number of fused-ring (bicyclic) bond motifs is 1. The minimum atomic E-state index is -1.03. The number of rotatable bonds is 42. The van der Waals surface area contributed by atoms with Gasteiger partial charge in [0.05, 0.1) is 62.4 Å². The minimum Gasteiger partial charge on any atom is -0.478 e. The first-order chi connectivity index (χ1) is 62.1. The van der Waals surface area contributed by atoms with E-state index in [0.717, 1.165) is 30.1 Å². The molecule has 6 atom stereocenters. The van der Waals surface area contributed by atoms with E-state index in [4.69, 9.17) is 39.0 Å². The summed E-state index contributed by atoms with van der Waals surface area (Å²) in [7, 11) is 8.56. The number of carboxylic acids is 1. The molecule has 0 spiro atoms. The smallest absolute Gasteiger partial charge is 0.334 e. The number of aromatic carboxylic acids is 1. The van der Waals surface area contributed by atoms with Crippen molar-refractivity contribution in [3.8, 4) is 17.9 Å². The van der Waals surface area contributed by atoms with Gasteiger partial charge in [-0.3, -0.25) is 67.1 Å². The first-order valence-electron chi connectivity index (χ1n) is 40.9. The monoisotopic (exact) mass is 1810 g/mol. The molecule has 698 valence electrons. The number of anilines is 1. The van der Waals surface area contributed by atoms with Crippen LogP contribution in [0.5, 0.6) is 5.75 Å². The number of carboxylic acid groups (broad SMARTS) is 1. The summed E-state index contributed by atoms with van der Waals surface area (Å²) in [6, 6.07) is 17.3. The van der Waals surface area contributed by atoms with Crippen LogP contribution in [0.25, 0.3) is 15.9 Å². The number of aryl methyl sites for hydroxylation is 3. The van der Waals surface area contributed by atoms with Crippen LogP contribution in [0.1, 0.15) is 127 Å². The zero-order chi connectivity index (χ0) is 97.3. The van der Waals surface area contributed by atoms with Crippen molar-refractivity contribution in [3.63, 3.8) is 0 Å². The van der Waals surface area contributed by atoms with E-state index in [1.807, 2.05) is 38.8 Å². The molecule has 4 heterocycles. The second-order valence-corrected chi connectivity index (χ2v) is 30.3. The molecule has 0 bridgehead atoms. The summed E-state index contributed by atoms with van der Waals surface area (Å²) < 4.78 is 18.7. The van der Waals surface area contributed by atoms with Crippen molar-refractivity contribution < 1.29 is 86.3 Å². The van der Waals surface area contributed by atoms with Crippen LogP contribution >= 0.6 is 0 Å². The molecule has 4 aromatic carbocycles. The van der Waals surface area contributed by atoms with Gasteiger partial charge < -0.3 is 110 Å². The molecule has 131 heavy (non-hydrogen) atoms. The number of amides is 14. The van der Waals surface area contributed by atoms with E-state index in [9.17, 15) is 81.6 Å². The quantitative estimate of drug-likeness (QED) is 0.0197. The number of nitrogens with zero attached hydrogens (tertiary/aromatic N) is 13. The minimum absolute atomic E-state index is 0.0127. The standard InChI is InChI=1S/C31H35N11O6.C25H31FN8O5.C18H31N7O4.C11H12N2O2/c1-18(2)28(31(47)35-11-10-27(44)37-23(30(46)36-16-26(33)43)13-21-15-34-17-41(21)3)38-29(45)19-8-9-25(20(12-19)14-32)48-42-24-7-5-4-6-22(24)39-40-42;1-14(2)22(33-23(37)15-4-5-18(26)16(8-15)10-27)25(39)30-7-6-21(36)32-19(24(38)31-12-20(28)35)9-17-11-29-13-34(17)3;1-11(2)16(19)18(29)22-6-5-14(26)24-13(7-12-8-21-10-25(12)4)17(28)23-9-15(27)20-3;1-4-13(3)10-6-5-8(11(14)15)7-9(10)12-2/h4-9,12,15,17-18,23,28H,10-11,13,16H2,1-3H3,(H2,33,43)(H,35,47)(H,36,46)(H,37,44)(H,38,45);4-5,8,11,13-14,19,22H,6-7,9,12H2,1-3H3,(H2,28,35)(H,30,39)(H,31,38)(H,32,36)(H,33,37);8,10-11,13,16H,5-7,9,19H2,1-4H3,(H,20,27)(H,22,29)(H,23,28)(H,24,26);5-7H,4H2,1,3H3,(H,14,15)/t23-,28-;19-,22-;13-,16-;/m000./s1/i;26-1;;. The Balaban J connectivity index is 0.000000329. The van der Waals surface area contributed by atoms with E-state index in [1.165, 1.54) is 60.8 Å². The van der Waals surface area contributed by atoms with E-state index in [2.05, 4.69) is 93.9 Å². The van der Waals surface area contributed by atoms with Crippen LogP contribution in [0.15, 0.2) is 116 Å². The maximum absolute atomic E-state index is 13.6. The molecule has 4 aromatic heterocycles. The highest BCUT2D eigenvalue weighted by molar-refractivity contribution is 6.00. The predicted octanol–water partition coefficient (Wildman–Crippen LogP) is -1.32. The Morgan fingerprint density at radius 1 is 0.542 bits per heavy atom. The van der Waals surface area contributed by atoms with Crippen molar-refractivity contribution in [2.75, 3.05) is 64.8 Å². The number of para-hydroxylation sites is 1. The number of nitriles is 2. The number of carbonyl (C=O) groups is 15. The zero-order valence-electron chi connectivity index (χ0n) is 74.3. The number of carbonyl (C=O) groups excluding carboxylic acids is 14. The lowest BCUT2D eigenvalue weighted by atomic mass is 10.0. The summed E-state index contributed by atoms with van der Waals surface area (Å²) >= 11 is 0. The Morgan fingerprint density at radius 3 is 1.35 bits per heavy atom. The van der Waals surface area contributed by atoms with Crippen LogP contribution in [-0.4, -0.2) is 234 Å². The van der Waals surface area contributed by atoms with Crippen molar-refractivity contribution in [1.29, 1.82) is 10.5 Å². The molecule has 14 amide bonds. The molecular formula is C85H109FN28O17. The Bertz CT molecular complexity index is 5510. The molecule has 0 saturated carbocycles. The SMILES string of the molecule is CC(C)[C@H](NC(=O)c1ccc(On2nnc3ccccc32)c(C#N)c1)C(=O)NCCC(=O)N[C@@H](Cc1cncn1C)C(=O)NCC(N)=O.CC(C)[C@H](NC(=O)c1ccc([18F])c(C#N)c1)C(=O)NCCC(=O)N[C@@H](Cc1cncn1C)C(=O)NCC(N)=O.CNC(=O)CNC(=O)[C@H](Cc1cncn1C)NC(=O)CCNC(=O)[C@@H](N)C(C)C.[C-]#[N+]c1cc(C(=O)O)ccc1N(C)CC. The van der Waals surface area contributed by atoms with Crippen molar-refractivity contribution in [3.05, 3.63) is 179 Å². The van der Waals surface area contributed by atoms with Gasteiger partial charge in [0, 0.05) is 158 Å². The summed E-state index contributed by atoms with van der Waals surface area (Å²) in [6.45, 7) is 19.2. The molecule has 46 heteroatoms. The number of imidazole rings is 3. The molecule has 0 aliphatic rings. The highest BCUT2D eigenvalue weighted by Gasteiger charge is 2.31. The molecule has 0 radical (unpaired) electrons. The Morgan fingerprint density at radius 2 is 0.962 bits per heavy atom. The molecule has 19 N–H and O–H groups in total. The average molecular weight is 1810 g/mol. The first kappa shape index (κ1) is 105. The average Bonchev–Trinajstić information content (AvgIpc) is 1.75. The van der Waals surface area contributed by atoms with Gasteiger partial charge in [-0.25, -0.2) is 29.0 Å². The fraction of sp³-hybridized carbons (Fsp3) is 0.400. The first-order valence-corrected chi connectivity index (χ1v) is 40.9. The number of nitrogens with one attached hydrogen (secondary N) is 12. The molecule has 8 aromatic rings. The summed E-state index contributed by atoms with van der Waals surface area (Å²) in [5, 5.41) is 66.0. The van der Waals surface area contributed by atoms with Gasteiger partial charge in [-0.15, -0.1) is 5.10 Å². The largest absolute Gasteiger partial charge is 0.478 e. The van der Waals surface area contributed by atoms with Crippen molar-refractivity contribution in [2.45, 2.75) is 123 Å². The molecule has 0 fully saturated rings. The van der Waals surface area contributed by atoms with Gasteiger partial charge in [-0.1, -0.05) is 58.5 Å². The van der Waals surface area contributed by atoms with Gasteiger partial charge in [0.25, 0.3) is 11.8 Å². The number of likely N-dealkylation sites (N-methyl/N-ethyl adjacent to an activating group) is 1. The molecule has 0 saturated heterocycles.